The van der Waals surface area contributed by atoms with E-state index in [-0.39, 0.29) is 28.0 Å². The van der Waals surface area contributed by atoms with Gasteiger partial charge in [0, 0.05) is 16.5 Å². The Labute approximate surface area is 229 Å². The number of thiophene rings is 1. The first-order valence-corrected chi connectivity index (χ1v) is 14.2. The van der Waals surface area contributed by atoms with Crippen LogP contribution < -0.4 is 21.3 Å². The summed E-state index contributed by atoms with van der Waals surface area (Å²) in [4.78, 5) is 42.3. The number of nitrogen functional groups attached to an aromatic ring is 1. The lowest BCUT2D eigenvalue weighted by Gasteiger charge is -2.33. The van der Waals surface area contributed by atoms with Gasteiger partial charge in [-0.15, -0.1) is 11.3 Å². The van der Waals surface area contributed by atoms with Crippen LogP contribution in [0.4, 0.5) is 15.8 Å². The van der Waals surface area contributed by atoms with Gasteiger partial charge in [-0.3, -0.25) is 19.3 Å². The van der Waals surface area contributed by atoms with E-state index in [0.717, 1.165) is 48.5 Å². The Balaban J connectivity index is 1.74. The van der Waals surface area contributed by atoms with Crippen molar-refractivity contribution in [1.82, 2.24) is 15.0 Å². The quantitative estimate of drug-likeness (QED) is 0.365. The maximum atomic E-state index is 15.2. The normalized spacial score (nSPS) is 15.1. The number of hydrogen-bond donors (Lipinski definition) is 3. The lowest BCUT2D eigenvalue weighted by atomic mass is 9.95. The molecule has 11 heteroatoms. The van der Waals surface area contributed by atoms with Crippen molar-refractivity contribution in [2.24, 2.45) is 0 Å². The predicted molar refractivity (Wildman–Crippen MR) is 149 cm³/mol. The second-order valence-corrected chi connectivity index (χ2v) is 12.1. The van der Waals surface area contributed by atoms with Crippen LogP contribution in [0, 0.1) is 5.82 Å². The average molecular weight is 558 g/mol. The summed E-state index contributed by atoms with van der Waals surface area (Å²) in [6.45, 7) is 5.47. The molecular formula is C27H32FN5O3S2. The monoisotopic (exact) mass is 557 g/mol. The maximum Gasteiger partial charge on any atom is 0.273 e. The number of aromatic nitrogens is 1. The van der Waals surface area contributed by atoms with E-state index >= 15 is 4.39 Å². The molecule has 1 aromatic carbocycles. The second kappa shape index (κ2) is 11.6. The number of nitrogens with one attached hydrogen (secondary N) is 2. The van der Waals surface area contributed by atoms with Crippen molar-refractivity contribution in [2.75, 3.05) is 10.6 Å². The van der Waals surface area contributed by atoms with Crippen LogP contribution in [0.5, 0.6) is 0 Å². The second-order valence-electron chi connectivity index (χ2n) is 10.4. The number of carbonyl (C=O) groups excluding carboxylic acids is 3. The molecule has 1 atom stereocenters. The molecule has 4 rings (SSSR count). The van der Waals surface area contributed by atoms with E-state index in [4.69, 9.17) is 5.73 Å². The number of benzene rings is 1. The summed E-state index contributed by atoms with van der Waals surface area (Å²) in [7, 11) is 0. The molecule has 1 unspecified atom stereocenters. The molecule has 4 N–H and O–H groups in total. The molecule has 2 heterocycles. The molecule has 8 nitrogen and oxygen atoms in total. The van der Waals surface area contributed by atoms with Gasteiger partial charge < -0.3 is 16.4 Å². The van der Waals surface area contributed by atoms with E-state index in [2.05, 4.69) is 15.0 Å². The van der Waals surface area contributed by atoms with Gasteiger partial charge in [-0.25, -0.2) is 4.39 Å². The highest BCUT2D eigenvalue weighted by Gasteiger charge is 2.39. The first kappa shape index (κ1) is 27.7. The van der Waals surface area contributed by atoms with Crippen LogP contribution in [0.2, 0.25) is 0 Å². The number of para-hydroxylation sites is 1. The molecule has 0 aliphatic heterocycles. The fraction of sp³-hybridized carbons (Fsp3) is 0.407. The van der Waals surface area contributed by atoms with Crippen molar-refractivity contribution in [1.29, 1.82) is 0 Å². The summed E-state index contributed by atoms with van der Waals surface area (Å²) in [5.41, 5.74) is 5.49. The van der Waals surface area contributed by atoms with Gasteiger partial charge in [0.1, 0.15) is 10.7 Å². The van der Waals surface area contributed by atoms with Gasteiger partial charge in [-0.1, -0.05) is 37.5 Å². The highest BCUT2D eigenvalue weighted by Crippen LogP contribution is 2.36. The Morgan fingerprint density at radius 2 is 1.82 bits per heavy atom. The van der Waals surface area contributed by atoms with E-state index in [0.29, 0.717) is 4.88 Å². The van der Waals surface area contributed by atoms with Crippen LogP contribution >= 0.6 is 22.9 Å². The topological polar surface area (TPSA) is 117 Å². The lowest BCUT2D eigenvalue weighted by molar-refractivity contribution is -0.123. The molecule has 3 aromatic rings. The van der Waals surface area contributed by atoms with Crippen LogP contribution in [0.25, 0.3) is 0 Å². The zero-order valence-corrected chi connectivity index (χ0v) is 23.3. The molecule has 1 aliphatic rings. The van der Waals surface area contributed by atoms with Gasteiger partial charge in [0.2, 0.25) is 5.91 Å². The average Bonchev–Trinajstić information content (AvgIpc) is 3.52. The van der Waals surface area contributed by atoms with Crippen LogP contribution in [0.3, 0.4) is 0 Å². The van der Waals surface area contributed by atoms with E-state index in [9.17, 15) is 14.4 Å². The summed E-state index contributed by atoms with van der Waals surface area (Å²) in [6.07, 6.45) is 4.99. The number of carbonyl (C=O) groups is 3. The Morgan fingerprint density at radius 1 is 1.11 bits per heavy atom. The summed E-state index contributed by atoms with van der Waals surface area (Å²) >= 11 is 2.04. The van der Waals surface area contributed by atoms with Crippen molar-refractivity contribution in [3.8, 4) is 0 Å². The minimum Gasteiger partial charge on any atom is -0.395 e. The van der Waals surface area contributed by atoms with Crippen molar-refractivity contribution in [2.45, 2.75) is 70.5 Å². The summed E-state index contributed by atoms with van der Waals surface area (Å²) < 4.78 is 19.4. The standard InChI is InChI=1S/C27H32FN5O3S2/c1-27(2,3)31-25(35)22(19-14-9-15-37-19)33(18-13-8-7-12-17(18)28)26(36)23-20(29)21(32-38-23)24(34)30-16-10-5-4-6-11-16/h7-9,12-16,22H,4-6,10-11,29H2,1-3H3,(H,30,34)(H,31,35). The van der Waals surface area contributed by atoms with Gasteiger partial charge in [0.05, 0.1) is 11.4 Å². The Bertz CT molecular complexity index is 1300. The smallest absolute Gasteiger partial charge is 0.273 e. The third kappa shape index (κ3) is 6.21. The minimum absolute atomic E-state index is 0.0350. The maximum absolute atomic E-state index is 15.2. The number of anilines is 2. The molecule has 38 heavy (non-hydrogen) atoms. The van der Waals surface area contributed by atoms with Crippen molar-refractivity contribution in [3.63, 3.8) is 0 Å². The number of nitrogens with zero attached hydrogens (tertiary/aromatic N) is 2. The molecule has 0 bridgehead atoms. The number of halogens is 1. The molecule has 3 amide bonds. The van der Waals surface area contributed by atoms with Gasteiger partial charge in [-0.2, -0.15) is 4.37 Å². The van der Waals surface area contributed by atoms with Crippen LogP contribution in [-0.2, 0) is 4.79 Å². The summed E-state index contributed by atoms with van der Waals surface area (Å²) in [5.74, 6) is -2.31. The van der Waals surface area contributed by atoms with Crippen LogP contribution in [0.1, 0.15) is 84.0 Å². The Morgan fingerprint density at radius 3 is 2.45 bits per heavy atom. The lowest BCUT2D eigenvalue weighted by Crippen LogP contribution is -2.49. The van der Waals surface area contributed by atoms with Gasteiger partial charge in [0.15, 0.2) is 11.7 Å². The van der Waals surface area contributed by atoms with Crippen molar-refractivity contribution >= 4 is 52.0 Å². The third-order valence-corrected chi connectivity index (χ3v) is 8.00. The third-order valence-electron chi connectivity index (χ3n) is 6.23. The molecule has 0 radical (unpaired) electrons. The number of hydrogen-bond acceptors (Lipinski definition) is 7. The Kier molecular flexibility index (Phi) is 8.47. The fourth-order valence-electron chi connectivity index (χ4n) is 4.50. The molecule has 2 aromatic heterocycles. The highest BCUT2D eigenvalue weighted by molar-refractivity contribution is 7.10. The zero-order chi connectivity index (χ0) is 27.4. The Hall–Kier alpha value is -3.31. The van der Waals surface area contributed by atoms with E-state index < -0.39 is 35.1 Å². The molecule has 0 spiro atoms. The van der Waals surface area contributed by atoms with Crippen molar-refractivity contribution in [3.05, 3.63) is 63.0 Å². The van der Waals surface area contributed by atoms with E-state index in [1.54, 1.807) is 23.6 Å². The highest BCUT2D eigenvalue weighted by atomic mass is 32.1. The molecule has 0 saturated heterocycles. The number of rotatable bonds is 7. The summed E-state index contributed by atoms with van der Waals surface area (Å²) in [5, 5.41) is 7.66. The number of amides is 3. The minimum atomic E-state index is -1.18. The first-order valence-electron chi connectivity index (χ1n) is 12.6. The predicted octanol–water partition coefficient (Wildman–Crippen LogP) is 5.29. The molecule has 1 aliphatic carbocycles. The van der Waals surface area contributed by atoms with Crippen LogP contribution in [-0.4, -0.2) is 33.7 Å². The SMILES string of the molecule is CC(C)(C)NC(=O)C(c1cccs1)N(C(=O)c1snc(C(=O)NC2CCCCC2)c1N)c1ccccc1F. The largest absolute Gasteiger partial charge is 0.395 e. The van der Waals surface area contributed by atoms with Gasteiger partial charge in [0.25, 0.3) is 11.8 Å². The zero-order valence-electron chi connectivity index (χ0n) is 21.6. The van der Waals surface area contributed by atoms with E-state index in [1.165, 1.54) is 29.5 Å². The molecule has 1 saturated carbocycles. The van der Waals surface area contributed by atoms with Gasteiger partial charge in [-0.05, 0) is 68.7 Å². The van der Waals surface area contributed by atoms with E-state index in [1.807, 2.05) is 20.8 Å². The summed E-state index contributed by atoms with van der Waals surface area (Å²) in [6, 6.07) is 8.09. The van der Waals surface area contributed by atoms with Gasteiger partial charge >= 0.3 is 0 Å². The fourth-order valence-corrected chi connectivity index (χ4v) is 6.04. The molecule has 202 valence electrons. The van der Waals surface area contributed by atoms with Crippen molar-refractivity contribution < 1.29 is 18.8 Å². The molecular weight excluding hydrogens is 525 g/mol. The number of nitrogens with two attached hydrogens (primary N) is 1. The van der Waals surface area contributed by atoms with Crippen LogP contribution in [0.15, 0.2) is 41.8 Å². The first-order chi connectivity index (χ1) is 18.1. The molecule has 1 fully saturated rings.